The van der Waals surface area contributed by atoms with E-state index in [2.05, 4.69) is 57.8 Å². The lowest BCUT2D eigenvalue weighted by molar-refractivity contribution is 1.06. The summed E-state index contributed by atoms with van der Waals surface area (Å²) in [4.78, 5) is 8.60. The Morgan fingerprint density at radius 3 is 2.44 bits per heavy atom. The summed E-state index contributed by atoms with van der Waals surface area (Å²) in [5.74, 6) is 0. The molecule has 2 nitrogen and oxygen atoms in total. The van der Waals surface area contributed by atoms with Gasteiger partial charge in [-0.05, 0) is 77.8 Å². The fourth-order valence-electron chi connectivity index (χ4n) is 1.02. The van der Waals surface area contributed by atoms with E-state index in [1.165, 1.54) is 11.8 Å². The second-order valence-corrected chi connectivity index (χ2v) is 6.43. The molecular weight excluding hydrogens is 420 g/mol. The number of hydrogen-bond donors (Lipinski definition) is 0. The molecule has 2 heterocycles. The highest BCUT2D eigenvalue weighted by Crippen LogP contribution is 2.35. The minimum Gasteiger partial charge on any atom is -0.248 e. The molecule has 2 rings (SSSR count). The predicted octanol–water partition coefficient (Wildman–Crippen LogP) is 4.92. The van der Waals surface area contributed by atoms with Crippen LogP contribution in [0.15, 0.2) is 54.1 Å². The van der Waals surface area contributed by atoms with Crippen molar-refractivity contribution in [3.63, 3.8) is 0 Å². The number of halogens is 3. The van der Waals surface area contributed by atoms with E-state index < -0.39 is 0 Å². The second kappa shape index (κ2) is 5.62. The normalized spacial score (nSPS) is 10.4. The van der Waals surface area contributed by atoms with Crippen LogP contribution in [-0.2, 0) is 0 Å². The first kappa shape index (κ1) is 12.5. The van der Waals surface area contributed by atoms with Crippen LogP contribution in [0.1, 0.15) is 0 Å². The maximum atomic E-state index is 4.32. The zero-order valence-electron chi connectivity index (χ0n) is 7.82. The van der Waals surface area contributed by atoms with Crippen molar-refractivity contribution in [2.24, 2.45) is 0 Å². The first-order chi connectivity index (χ1) is 7.66. The summed E-state index contributed by atoms with van der Waals surface area (Å²) in [7, 11) is 0. The van der Waals surface area contributed by atoms with Crippen LogP contribution < -0.4 is 0 Å². The van der Waals surface area contributed by atoms with Crippen molar-refractivity contribution in [1.29, 1.82) is 0 Å². The standard InChI is InChI=1S/C10H5Br3N2S/c11-6-4-8(13)10(15-5-6)16-9-7(12)2-1-3-14-9/h1-5H. The van der Waals surface area contributed by atoms with Gasteiger partial charge in [0.05, 0.1) is 8.95 Å². The number of nitrogens with zero attached hydrogens (tertiary/aromatic N) is 2. The summed E-state index contributed by atoms with van der Waals surface area (Å²) in [5.41, 5.74) is 0. The third-order valence-electron chi connectivity index (χ3n) is 1.69. The van der Waals surface area contributed by atoms with Crippen LogP contribution in [0.2, 0.25) is 0 Å². The Kier molecular flexibility index (Phi) is 4.41. The van der Waals surface area contributed by atoms with Crippen LogP contribution in [0, 0.1) is 0 Å². The molecule has 0 aliphatic rings. The third-order valence-corrected chi connectivity index (χ3v) is 4.93. The molecule has 0 aromatic carbocycles. The zero-order chi connectivity index (χ0) is 11.5. The lowest BCUT2D eigenvalue weighted by atomic mass is 10.5. The lowest BCUT2D eigenvalue weighted by Gasteiger charge is -2.04. The van der Waals surface area contributed by atoms with Crippen LogP contribution >= 0.6 is 59.6 Å². The monoisotopic (exact) mass is 422 g/mol. The summed E-state index contributed by atoms with van der Waals surface area (Å²) >= 11 is 11.8. The smallest absolute Gasteiger partial charge is 0.117 e. The van der Waals surface area contributed by atoms with Crippen molar-refractivity contribution in [2.45, 2.75) is 10.1 Å². The Balaban J connectivity index is 2.31. The quantitative estimate of drug-likeness (QED) is 0.684. The molecule has 82 valence electrons. The van der Waals surface area contributed by atoms with Crippen molar-refractivity contribution in [3.05, 3.63) is 44.0 Å². The van der Waals surface area contributed by atoms with Gasteiger partial charge in [0.2, 0.25) is 0 Å². The van der Waals surface area contributed by atoms with Crippen LogP contribution in [-0.4, -0.2) is 9.97 Å². The average molecular weight is 425 g/mol. The van der Waals surface area contributed by atoms with Crippen molar-refractivity contribution in [1.82, 2.24) is 9.97 Å². The van der Waals surface area contributed by atoms with Gasteiger partial charge in [0.25, 0.3) is 0 Å². The number of hydrogen-bond acceptors (Lipinski definition) is 3. The Bertz CT molecular complexity index is 519. The van der Waals surface area contributed by atoms with Gasteiger partial charge in [-0.3, -0.25) is 0 Å². The Labute approximate surface area is 123 Å². The average Bonchev–Trinajstić information content (AvgIpc) is 2.25. The van der Waals surface area contributed by atoms with Crippen molar-refractivity contribution in [3.8, 4) is 0 Å². The molecule has 0 aliphatic heterocycles. The lowest BCUT2D eigenvalue weighted by Crippen LogP contribution is -1.85. The van der Waals surface area contributed by atoms with E-state index in [-0.39, 0.29) is 0 Å². The minimum atomic E-state index is 0.891. The SMILES string of the molecule is Brc1cnc(Sc2ncccc2Br)c(Br)c1. The molecule has 0 unspecified atom stereocenters. The number of rotatable bonds is 2. The van der Waals surface area contributed by atoms with Gasteiger partial charge in [-0.1, -0.05) is 0 Å². The molecule has 0 saturated carbocycles. The summed E-state index contributed by atoms with van der Waals surface area (Å²) in [6, 6.07) is 5.81. The maximum Gasteiger partial charge on any atom is 0.117 e. The first-order valence-electron chi connectivity index (χ1n) is 4.26. The van der Waals surface area contributed by atoms with Gasteiger partial charge in [-0.25, -0.2) is 9.97 Å². The molecule has 0 N–H and O–H groups in total. The fraction of sp³-hybridized carbons (Fsp3) is 0. The molecule has 6 heteroatoms. The highest BCUT2D eigenvalue weighted by molar-refractivity contribution is 9.11. The van der Waals surface area contributed by atoms with Crippen LogP contribution in [0.3, 0.4) is 0 Å². The van der Waals surface area contributed by atoms with E-state index in [1.54, 1.807) is 12.4 Å². The molecule has 2 aromatic rings. The minimum absolute atomic E-state index is 0.891. The van der Waals surface area contributed by atoms with Gasteiger partial charge in [0.15, 0.2) is 0 Å². The summed E-state index contributed by atoms with van der Waals surface area (Å²) in [5, 5.41) is 1.79. The zero-order valence-corrected chi connectivity index (χ0v) is 13.4. The van der Waals surface area contributed by atoms with Crippen LogP contribution in [0.5, 0.6) is 0 Å². The van der Waals surface area contributed by atoms with Crippen LogP contribution in [0.25, 0.3) is 0 Å². The summed E-state index contributed by atoms with van der Waals surface area (Å²) in [6.07, 6.45) is 3.53. The molecule has 0 amide bonds. The maximum absolute atomic E-state index is 4.32. The molecule has 16 heavy (non-hydrogen) atoms. The summed E-state index contributed by atoms with van der Waals surface area (Å²) in [6.45, 7) is 0. The number of pyridine rings is 2. The van der Waals surface area contributed by atoms with Gasteiger partial charge < -0.3 is 0 Å². The van der Waals surface area contributed by atoms with E-state index in [1.807, 2.05) is 18.2 Å². The van der Waals surface area contributed by atoms with E-state index in [4.69, 9.17) is 0 Å². The molecule has 0 saturated heterocycles. The van der Waals surface area contributed by atoms with E-state index in [9.17, 15) is 0 Å². The number of aromatic nitrogens is 2. The van der Waals surface area contributed by atoms with Crippen LogP contribution in [0.4, 0.5) is 0 Å². The largest absolute Gasteiger partial charge is 0.248 e. The topological polar surface area (TPSA) is 25.8 Å². The molecular formula is C10H5Br3N2S. The van der Waals surface area contributed by atoms with E-state index in [0.717, 1.165) is 23.5 Å². The fourth-order valence-corrected chi connectivity index (χ4v) is 3.47. The van der Waals surface area contributed by atoms with Crippen molar-refractivity contribution < 1.29 is 0 Å². The highest BCUT2D eigenvalue weighted by Gasteiger charge is 2.08. The van der Waals surface area contributed by atoms with Gasteiger partial charge >= 0.3 is 0 Å². The highest BCUT2D eigenvalue weighted by atomic mass is 79.9. The molecule has 0 atom stereocenters. The Morgan fingerprint density at radius 2 is 1.75 bits per heavy atom. The van der Waals surface area contributed by atoms with E-state index >= 15 is 0 Å². The molecule has 0 bridgehead atoms. The Hall–Kier alpha value is 0.0900. The molecule has 0 fully saturated rings. The second-order valence-electron chi connectivity index (χ2n) is 2.83. The molecule has 0 spiro atoms. The van der Waals surface area contributed by atoms with Crippen molar-refractivity contribution in [2.75, 3.05) is 0 Å². The van der Waals surface area contributed by atoms with Gasteiger partial charge in [-0.15, -0.1) is 0 Å². The molecule has 2 aromatic heterocycles. The molecule has 0 aliphatic carbocycles. The Morgan fingerprint density at radius 1 is 1.00 bits per heavy atom. The first-order valence-corrected chi connectivity index (χ1v) is 7.46. The third kappa shape index (κ3) is 3.06. The summed E-state index contributed by atoms with van der Waals surface area (Å²) < 4.78 is 2.87. The van der Waals surface area contributed by atoms with Gasteiger partial charge in [0.1, 0.15) is 10.1 Å². The van der Waals surface area contributed by atoms with E-state index in [0.29, 0.717) is 0 Å². The predicted molar refractivity (Wildman–Crippen MR) is 75.7 cm³/mol. The van der Waals surface area contributed by atoms with Crippen molar-refractivity contribution >= 4 is 59.6 Å². The van der Waals surface area contributed by atoms with Gasteiger partial charge in [0, 0.05) is 16.9 Å². The molecule has 0 radical (unpaired) electrons. The van der Waals surface area contributed by atoms with Gasteiger partial charge in [-0.2, -0.15) is 0 Å².